The van der Waals surface area contributed by atoms with Crippen molar-refractivity contribution in [3.05, 3.63) is 89.5 Å². The van der Waals surface area contributed by atoms with Gasteiger partial charge in [0.1, 0.15) is 10.9 Å². The predicted octanol–water partition coefficient (Wildman–Crippen LogP) is 1.71. The molecule has 0 aliphatic carbocycles. The smallest absolute Gasteiger partial charge is 0.287 e. The summed E-state index contributed by atoms with van der Waals surface area (Å²) in [6.45, 7) is 2.16. The zero-order valence-electron chi connectivity index (χ0n) is 17.4. The number of rotatable bonds is 3. The Kier molecular flexibility index (Phi) is 5.35. The molecule has 9 nitrogen and oxygen atoms in total. The number of amides is 1. The van der Waals surface area contributed by atoms with Crippen molar-refractivity contribution in [3.63, 3.8) is 0 Å². The fraction of sp³-hybridized carbons (Fsp3) is 0.217. The van der Waals surface area contributed by atoms with Gasteiger partial charge in [-0.25, -0.2) is 4.68 Å². The summed E-state index contributed by atoms with van der Waals surface area (Å²) >= 11 is 5.98. The first-order chi connectivity index (χ1) is 15.9. The van der Waals surface area contributed by atoms with Gasteiger partial charge < -0.3 is 14.6 Å². The molecule has 1 aliphatic heterocycles. The number of benzene rings is 2. The lowest BCUT2D eigenvalue weighted by atomic mass is 10.1. The minimum atomic E-state index is -0.615. The number of carbonyl (C=O) groups is 1. The summed E-state index contributed by atoms with van der Waals surface area (Å²) in [4.78, 5) is 55.9. The first-order valence-electron chi connectivity index (χ1n) is 10.4. The first-order valence-corrected chi connectivity index (χ1v) is 10.7. The summed E-state index contributed by atoms with van der Waals surface area (Å²) in [5.41, 5.74) is -0.243. The number of nitrogens with one attached hydrogen (secondary N) is 2. The van der Waals surface area contributed by atoms with Crippen LogP contribution in [0.2, 0.25) is 5.02 Å². The molecule has 168 valence electrons. The van der Waals surface area contributed by atoms with E-state index in [-0.39, 0.29) is 28.7 Å². The number of fused-ring (bicyclic) bond motifs is 2. The molecule has 10 heteroatoms. The molecule has 1 aliphatic rings. The molecule has 0 saturated carbocycles. The zero-order chi connectivity index (χ0) is 23.1. The molecule has 0 radical (unpaired) electrons. The average molecular weight is 467 g/mol. The normalized spacial score (nSPS) is 14.2. The fourth-order valence-corrected chi connectivity index (χ4v) is 4.17. The summed E-state index contributed by atoms with van der Waals surface area (Å²) in [6, 6.07) is 11.4. The molecular weight excluding hydrogens is 448 g/mol. The van der Waals surface area contributed by atoms with Gasteiger partial charge in [-0.2, -0.15) is 0 Å². The summed E-state index contributed by atoms with van der Waals surface area (Å²) in [5, 5.41) is 2.98. The maximum absolute atomic E-state index is 13.1. The van der Waals surface area contributed by atoms with Crippen LogP contribution in [0, 0.1) is 0 Å². The van der Waals surface area contributed by atoms with Gasteiger partial charge in [0.15, 0.2) is 0 Å². The average Bonchev–Trinajstić information content (AvgIpc) is 2.82. The van der Waals surface area contributed by atoms with Gasteiger partial charge in [-0.05, 0) is 35.9 Å². The summed E-state index contributed by atoms with van der Waals surface area (Å²) in [5.74, 6) is -0.0837. The van der Waals surface area contributed by atoms with Gasteiger partial charge in [0, 0.05) is 29.1 Å². The van der Waals surface area contributed by atoms with Gasteiger partial charge >= 0.3 is 0 Å². The highest BCUT2D eigenvalue weighted by molar-refractivity contribution is 6.31. The second kappa shape index (κ2) is 8.34. The van der Waals surface area contributed by atoms with Crippen molar-refractivity contribution in [2.45, 2.75) is 6.54 Å². The topological polar surface area (TPSA) is 117 Å². The van der Waals surface area contributed by atoms with Crippen LogP contribution in [-0.2, 0) is 11.3 Å². The Balaban J connectivity index is 1.50. The van der Waals surface area contributed by atoms with Crippen molar-refractivity contribution in [1.82, 2.24) is 19.7 Å². The Morgan fingerprint density at radius 2 is 1.76 bits per heavy atom. The number of pyridine rings is 1. The molecule has 4 aromatic rings. The molecule has 0 spiro atoms. The van der Waals surface area contributed by atoms with Crippen LogP contribution in [0.15, 0.2) is 56.8 Å². The molecule has 2 aromatic carbocycles. The highest BCUT2D eigenvalue weighted by atomic mass is 35.5. The van der Waals surface area contributed by atoms with E-state index in [0.717, 1.165) is 4.68 Å². The number of H-pyrrole nitrogens is 2. The minimum absolute atomic E-state index is 0.0358. The van der Waals surface area contributed by atoms with Crippen molar-refractivity contribution < 1.29 is 9.53 Å². The van der Waals surface area contributed by atoms with Crippen molar-refractivity contribution >= 4 is 39.3 Å². The summed E-state index contributed by atoms with van der Waals surface area (Å²) in [7, 11) is 0. The van der Waals surface area contributed by atoms with Crippen LogP contribution in [-0.4, -0.2) is 51.9 Å². The Morgan fingerprint density at radius 1 is 1.03 bits per heavy atom. The Bertz CT molecular complexity index is 1560. The lowest BCUT2D eigenvalue weighted by Crippen LogP contribution is -2.40. The number of aromatic nitrogens is 3. The number of hydrogen-bond acceptors (Lipinski definition) is 5. The van der Waals surface area contributed by atoms with E-state index in [9.17, 15) is 19.2 Å². The van der Waals surface area contributed by atoms with Gasteiger partial charge in [-0.1, -0.05) is 23.7 Å². The third-order valence-corrected chi connectivity index (χ3v) is 5.96. The van der Waals surface area contributed by atoms with Gasteiger partial charge in [0.05, 0.1) is 25.3 Å². The van der Waals surface area contributed by atoms with Gasteiger partial charge in [-0.15, -0.1) is 0 Å². The van der Waals surface area contributed by atoms with E-state index in [0.29, 0.717) is 48.0 Å². The predicted molar refractivity (Wildman–Crippen MR) is 124 cm³/mol. The van der Waals surface area contributed by atoms with Crippen molar-refractivity contribution in [3.8, 4) is 0 Å². The number of carbonyl (C=O) groups excluding carboxylic acids is 1. The van der Waals surface area contributed by atoms with Gasteiger partial charge in [0.2, 0.25) is 5.43 Å². The summed E-state index contributed by atoms with van der Waals surface area (Å²) in [6.07, 6.45) is 0. The molecule has 3 heterocycles. The maximum atomic E-state index is 13.1. The molecule has 2 N–H and O–H groups in total. The number of morpholine rings is 1. The minimum Gasteiger partial charge on any atom is -0.378 e. The van der Waals surface area contributed by atoms with Crippen molar-refractivity contribution in [2.75, 3.05) is 26.3 Å². The second-order valence-corrected chi connectivity index (χ2v) is 8.26. The van der Waals surface area contributed by atoms with Gasteiger partial charge in [0.25, 0.3) is 17.0 Å². The van der Waals surface area contributed by atoms with Crippen LogP contribution in [0.5, 0.6) is 0 Å². The van der Waals surface area contributed by atoms with Crippen LogP contribution in [0.1, 0.15) is 15.9 Å². The van der Waals surface area contributed by atoms with E-state index in [1.807, 2.05) is 0 Å². The quantitative estimate of drug-likeness (QED) is 0.446. The van der Waals surface area contributed by atoms with Gasteiger partial charge in [-0.3, -0.25) is 24.3 Å². The number of hydrogen-bond donors (Lipinski definition) is 2. The molecular formula is C23H19ClN4O5. The molecule has 1 amide bonds. The highest BCUT2D eigenvalue weighted by Crippen LogP contribution is 2.16. The Labute approximate surface area is 191 Å². The monoisotopic (exact) mass is 466 g/mol. The van der Waals surface area contributed by atoms with E-state index in [4.69, 9.17) is 16.3 Å². The second-order valence-electron chi connectivity index (χ2n) is 7.83. The Morgan fingerprint density at radius 3 is 2.48 bits per heavy atom. The van der Waals surface area contributed by atoms with Crippen molar-refractivity contribution in [1.29, 1.82) is 0 Å². The molecule has 0 bridgehead atoms. The molecule has 5 rings (SSSR count). The largest absolute Gasteiger partial charge is 0.378 e. The third kappa shape index (κ3) is 3.85. The van der Waals surface area contributed by atoms with Crippen LogP contribution in [0.25, 0.3) is 21.8 Å². The molecule has 1 fully saturated rings. The standard InChI is InChI=1S/C23H19ClN4O5/c24-15-5-6-16-17(11-15)25-19-18(20(16)29)23(32)28(26-21(19)30)12-13-1-3-14(4-2-13)22(31)27-7-9-33-10-8-27/h1-6,11H,7-10,12H2,(H,25,29)(H,26,30). The lowest BCUT2D eigenvalue weighted by molar-refractivity contribution is 0.0303. The number of ether oxygens (including phenoxy) is 1. The van der Waals surface area contributed by atoms with E-state index in [1.54, 1.807) is 35.2 Å². The fourth-order valence-electron chi connectivity index (χ4n) is 4.00. The van der Waals surface area contributed by atoms with E-state index >= 15 is 0 Å². The Hall–Kier alpha value is -3.69. The van der Waals surface area contributed by atoms with Crippen LogP contribution in [0.3, 0.4) is 0 Å². The SMILES string of the molecule is O=C(c1ccc(Cn2[nH]c(=O)c3[nH]c4cc(Cl)ccc4c(=O)c3c2=O)cc1)N1CCOCC1. The van der Waals surface area contributed by atoms with E-state index in [1.165, 1.54) is 12.1 Å². The lowest BCUT2D eigenvalue weighted by Gasteiger charge is -2.26. The van der Waals surface area contributed by atoms with Crippen LogP contribution in [0.4, 0.5) is 0 Å². The third-order valence-electron chi connectivity index (χ3n) is 5.73. The number of nitrogens with zero attached hydrogens (tertiary/aromatic N) is 2. The first kappa shape index (κ1) is 21.2. The molecule has 2 aromatic heterocycles. The molecule has 33 heavy (non-hydrogen) atoms. The molecule has 0 unspecified atom stereocenters. The maximum Gasteiger partial charge on any atom is 0.287 e. The summed E-state index contributed by atoms with van der Waals surface area (Å²) < 4.78 is 6.37. The highest BCUT2D eigenvalue weighted by Gasteiger charge is 2.19. The van der Waals surface area contributed by atoms with Crippen molar-refractivity contribution in [2.24, 2.45) is 0 Å². The number of halogens is 1. The van der Waals surface area contributed by atoms with E-state index < -0.39 is 16.5 Å². The molecule has 0 atom stereocenters. The number of aromatic amines is 2. The van der Waals surface area contributed by atoms with Crippen LogP contribution < -0.4 is 16.5 Å². The molecule has 1 saturated heterocycles. The van der Waals surface area contributed by atoms with Crippen LogP contribution >= 0.6 is 11.6 Å². The zero-order valence-corrected chi connectivity index (χ0v) is 18.1. The van der Waals surface area contributed by atoms with E-state index in [2.05, 4.69) is 10.1 Å².